The Kier molecular flexibility index (Phi) is 2.87. The van der Waals surface area contributed by atoms with E-state index in [2.05, 4.69) is 5.16 Å². The molecule has 0 spiro atoms. The Balaban J connectivity index is 1.77. The van der Waals surface area contributed by atoms with Gasteiger partial charge in [0, 0.05) is 6.92 Å². The van der Waals surface area contributed by atoms with Crippen LogP contribution in [-0.4, -0.2) is 28.2 Å². The highest BCUT2D eigenvalue weighted by Crippen LogP contribution is 2.57. The lowest BCUT2D eigenvalue weighted by molar-refractivity contribution is -0.163. The average Bonchev–Trinajstić information content (AvgIpc) is 2.25. The summed E-state index contributed by atoms with van der Waals surface area (Å²) in [6, 6.07) is 0. The van der Waals surface area contributed by atoms with Crippen LogP contribution in [0.2, 0.25) is 0 Å². The standard InChI is InChI=1S/C14H19NO4/c1-8(16)12(13(17)18)15-19-14-5-9-2-10(6-14)4-11(3-9)7-14/h9-11H,2-7H2,1H3,(H,17,18). The van der Waals surface area contributed by atoms with E-state index in [4.69, 9.17) is 9.94 Å². The molecule has 0 aromatic heterocycles. The van der Waals surface area contributed by atoms with Gasteiger partial charge in [0.15, 0.2) is 5.78 Å². The summed E-state index contributed by atoms with van der Waals surface area (Å²) >= 11 is 0. The highest BCUT2D eigenvalue weighted by Gasteiger charge is 2.53. The molecule has 0 unspecified atom stereocenters. The van der Waals surface area contributed by atoms with E-state index in [1.54, 1.807) is 0 Å². The third kappa shape index (κ3) is 2.26. The zero-order valence-electron chi connectivity index (χ0n) is 11.1. The van der Waals surface area contributed by atoms with E-state index in [0.717, 1.165) is 19.3 Å². The van der Waals surface area contributed by atoms with Crippen molar-refractivity contribution in [3.05, 3.63) is 0 Å². The summed E-state index contributed by atoms with van der Waals surface area (Å²) in [6.45, 7) is 1.20. The van der Waals surface area contributed by atoms with Gasteiger partial charge in [-0.15, -0.1) is 0 Å². The fourth-order valence-corrected chi connectivity index (χ4v) is 4.54. The topological polar surface area (TPSA) is 76.0 Å². The second kappa shape index (κ2) is 4.32. The Bertz CT molecular complexity index is 403. The lowest BCUT2D eigenvalue weighted by atomic mass is 9.54. The van der Waals surface area contributed by atoms with E-state index < -0.39 is 17.5 Å². The maximum Gasteiger partial charge on any atom is 0.361 e. The molecule has 4 rings (SSSR count). The van der Waals surface area contributed by atoms with Gasteiger partial charge in [0.25, 0.3) is 0 Å². The molecule has 1 N–H and O–H groups in total. The lowest BCUT2D eigenvalue weighted by Crippen LogP contribution is -2.51. The van der Waals surface area contributed by atoms with Crippen LogP contribution in [0.15, 0.2) is 5.16 Å². The van der Waals surface area contributed by atoms with Gasteiger partial charge in [0.05, 0.1) is 0 Å². The van der Waals surface area contributed by atoms with Gasteiger partial charge in [0.1, 0.15) is 5.60 Å². The minimum absolute atomic E-state index is 0.301. The SMILES string of the molecule is CC(=O)C(=NOC12CC3CC(CC(C3)C1)C2)C(=O)O. The monoisotopic (exact) mass is 265 g/mol. The Morgan fingerprint density at radius 1 is 1.11 bits per heavy atom. The first-order valence-corrected chi connectivity index (χ1v) is 6.98. The molecule has 4 aliphatic rings. The Hall–Kier alpha value is -1.39. The molecule has 0 amide bonds. The number of carbonyl (C=O) groups is 2. The van der Waals surface area contributed by atoms with Crippen molar-refractivity contribution in [3.63, 3.8) is 0 Å². The van der Waals surface area contributed by atoms with E-state index in [9.17, 15) is 9.59 Å². The predicted molar refractivity (Wildman–Crippen MR) is 67.7 cm³/mol. The summed E-state index contributed by atoms with van der Waals surface area (Å²) < 4.78 is 0. The van der Waals surface area contributed by atoms with Gasteiger partial charge >= 0.3 is 5.97 Å². The van der Waals surface area contributed by atoms with E-state index in [1.807, 2.05) is 0 Å². The fraction of sp³-hybridized carbons (Fsp3) is 0.786. The maximum absolute atomic E-state index is 11.2. The lowest BCUT2D eigenvalue weighted by Gasteiger charge is -2.54. The third-order valence-electron chi connectivity index (χ3n) is 4.85. The molecule has 5 nitrogen and oxygen atoms in total. The van der Waals surface area contributed by atoms with Crippen molar-refractivity contribution in [3.8, 4) is 0 Å². The number of hydrogen-bond acceptors (Lipinski definition) is 4. The molecule has 0 atom stereocenters. The van der Waals surface area contributed by atoms with Gasteiger partial charge in [-0.05, 0) is 56.3 Å². The molecule has 0 aliphatic heterocycles. The zero-order chi connectivity index (χ0) is 13.6. The molecule has 0 heterocycles. The molecule has 0 saturated heterocycles. The first kappa shape index (κ1) is 12.6. The average molecular weight is 265 g/mol. The number of oxime groups is 1. The quantitative estimate of drug-likeness (QED) is 0.479. The summed E-state index contributed by atoms with van der Waals surface area (Å²) in [6.07, 6.45) is 6.74. The molecule has 5 heteroatoms. The van der Waals surface area contributed by atoms with Crippen LogP contribution in [0.3, 0.4) is 0 Å². The van der Waals surface area contributed by atoms with Gasteiger partial charge in [-0.25, -0.2) is 4.79 Å². The second-order valence-electron chi connectivity index (χ2n) is 6.49. The van der Waals surface area contributed by atoms with E-state index in [1.165, 1.54) is 26.2 Å². The van der Waals surface area contributed by atoms with Crippen molar-refractivity contribution in [2.24, 2.45) is 22.9 Å². The van der Waals surface area contributed by atoms with Crippen LogP contribution < -0.4 is 0 Å². The summed E-state index contributed by atoms with van der Waals surface area (Å²) in [4.78, 5) is 27.8. The van der Waals surface area contributed by atoms with Crippen molar-refractivity contribution < 1.29 is 19.5 Å². The molecule has 19 heavy (non-hydrogen) atoms. The molecular weight excluding hydrogens is 246 g/mol. The number of carboxylic acid groups (broad SMARTS) is 1. The summed E-state index contributed by atoms with van der Waals surface area (Å²) in [7, 11) is 0. The minimum Gasteiger partial charge on any atom is -0.476 e. The van der Waals surface area contributed by atoms with Gasteiger partial charge in [-0.3, -0.25) is 4.79 Å². The van der Waals surface area contributed by atoms with Gasteiger partial charge in [-0.2, -0.15) is 0 Å². The summed E-state index contributed by atoms with van der Waals surface area (Å²) in [5.74, 6) is 0.237. The molecule has 4 saturated carbocycles. The van der Waals surface area contributed by atoms with Crippen molar-refractivity contribution in [2.75, 3.05) is 0 Å². The van der Waals surface area contributed by atoms with E-state index in [-0.39, 0.29) is 5.60 Å². The highest BCUT2D eigenvalue weighted by atomic mass is 16.7. The van der Waals surface area contributed by atoms with Crippen molar-refractivity contribution in [1.82, 2.24) is 0 Å². The van der Waals surface area contributed by atoms with Gasteiger partial charge in [-0.1, -0.05) is 5.16 Å². The highest BCUT2D eigenvalue weighted by molar-refractivity contribution is 6.63. The zero-order valence-corrected chi connectivity index (χ0v) is 11.1. The van der Waals surface area contributed by atoms with Crippen LogP contribution in [0.1, 0.15) is 45.4 Å². The number of hydrogen-bond donors (Lipinski definition) is 1. The molecule has 4 aliphatic carbocycles. The number of carboxylic acids is 1. The summed E-state index contributed by atoms with van der Waals surface area (Å²) in [5, 5.41) is 12.6. The largest absolute Gasteiger partial charge is 0.476 e. The Morgan fingerprint density at radius 3 is 1.95 bits per heavy atom. The molecule has 4 bridgehead atoms. The van der Waals surface area contributed by atoms with Crippen LogP contribution in [0.25, 0.3) is 0 Å². The second-order valence-corrected chi connectivity index (χ2v) is 6.49. The fourth-order valence-electron chi connectivity index (χ4n) is 4.54. The van der Waals surface area contributed by atoms with Crippen LogP contribution in [-0.2, 0) is 14.4 Å². The van der Waals surface area contributed by atoms with Crippen LogP contribution in [0, 0.1) is 17.8 Å². The number of Topliss-reactive ketones (excluding diaryl/α,β-unsaturated/α-hetero) is 1. The molecule has 4 fully saturated rings. The number of ketones is 1. The smallest absolute Gasteiger partial charge is 0.361 e. The van der Waals surface area contributed by atoms with Crippen LogP contribution in [0.5, 0.6) is 0 Å². The molecule has 0 aromatic carbocycles. The maximum atomic E-state index is 11.2. The van der Waals surface area contributed by atoms with Gasteiger partial charge < -0.3 is 9.94 Å². The molecule has 0 aromatic rings. The number of rotatable bonds is 4. The van der Waals surface area contributed by atoms with Crippen LogP contribution in [0.4, 0.5) is 0 Å². The molecule has 104 valence electrons. The van der Waals surface area contributed by atoms with Crippen molar-refractivity contribution in [1.29, 1.82) is 0 Å². The first-order valence-electron chi connectivity index (χ1n) is 6.98. The Morgan fingerprint density at radius 2 is 1.58 bits per heavy atom. The Labute approximate surface area is 112 Å². The number of carbonyl (C=O) groups excluding carboxylic acids is 1. The van der Waals surface area contributed by atoms with E-state index >= 15 is 0 Å². The van der Waals surface area contributed by atoms with E-state index in [0.29, 0.717) is 17.8 Å². The van der Waals surface area contributed by atoms with Crippen LogP contribution >= 0.6 is 0 Å². The molecular formula is C14H19NO4. The number of aliphatic carboxylic acids is 1. The third-order valence-corrected chi connectivity index (χ3v) is 4.85. The summed E-state index contributed by atoms with van der Waals surface area (Å²) in [5.41, 5.74) is -0.791. The molecule has 0 radical (unpaired) electrons. The van der Waals surface area contributed by atoms with Crippen molar-refractivity contribution >= 4 is 17.5 Å². The predicted octanol–water partition coefficient (Wildman–Crippen LogP) is 2.00. The minimum atomic E-state index is -1.31. The first-order chi connectivity index (χ1) is 8.97. The van der Waals surface area contributed by atoms with Gasteiger partial charge in [0.2, 0.25) is 5.71 Å². The number of nitrogens with zero attached hydrogens (tertiary/aromatic N) is 1. The normalized spacial score (nSPS) is 40.3. The van der Waals surface area contributed by atoms with Crippen molar-refractivity contribution in [2.45, 2.75) is 51.0 Å².